The molecule has 1 unspecified atom stereocenters. The summed E-state index contributed by atoms with van der Waals surface area (Å²) in [5, 5.41) is 21.8. The van der Waals surface area contributed by atoms with Crippen molar-refractivity contribution in [3.63, 3.8) is 0 Å². The summed E-state index contributed by atoms with van der Waals surface area (Å²) in [5.41, 5.74) is -0.0951. The fourth-order valence-electron chi connectivity index (χ4n) is 1.87. The Bertz CT molecular complexity index is 876. The van der Waals surface area contributed by atoms with Gasteiger partial charge in [0.15, 0.2) is 0 Å². The minimum absolute atomic E-state index is 0.0961. The van der Waals surface area contributed by atoms with Crippen LogP contribution < -0.4 is 4.72 Å². The van der Waals surface area contributed by atoms with Gasteiger partial charge in [0.25, 0.3) is 11.4 Å². The first-order chi connectivity index (χ1) is 10.7. The van der Waals surface area contributed by atoms with Crippen molar-refractivity contribution in [2.45, 2.75) is 11.8 Å². The minimum atomic E-state index is -3.04. The Labute approximate surface area is 132 Å². The molecule has 0 aromatic heterocycles. The van der Waals surface area contributed by atoms with Crippen molar-refractivity contribution in [2.75, 3.05) is 4.72 Å². The molecule has 9 heteroatoms. The van der Waals surface area contributed by atoms with Crippen LogP contribution in [0.15, 0.2) is 47.4 Å². The zero-order chi connectivity index (χ0) is 17.2. The molecule has 120 valence electrons. The van der Waals surface area contributed by atoms with Gasteiger partial charge in [-0.2, -0.15) is 0 Å². The molecule has 2 aromatic rings. The van der Waals surface area contributed by atoms with Gasteiger partial charge in [-0.15, -0.1) is 0 Å². The van der Waals surface area contributed by atoms with Crippen molar-refractivity contribution < 1.29 is 14.1 Å². The van der Waals surface area contributed by atoms with Crippen LogP contribution in [0.25, 0.3) is 0 Å². The number of hydrogen-bond acceptors (Lipinski definition) is 5. The average Bonchev–Trinajstić information content (AvgIpc) is 2.47. The number of nitrogens with one attached hydrogen (secondary N) is 1. The van der Waals surface area contributed by atoms with Crippen LogP contribution in [-0.2, 0) is 9.71 Å². The lowest BCUT2D eigenvalue weighted by atomic mass is 10.2. The summed E-state index contributed by atoms with van der Waals surface area (Å²) in [6, 6.07) is 9.75. The highest BCUT2D eigenvalue weighted by molar-refractivity contribution is 8.01. The second kappa shape index (κ2) is 6.05. The summed E-state index contributed by atoms with van der Waals surface area (Å²) >= 11 is 0. The lowest BCUT2D eigenvalue weighted by Gasteiger charge is -2.13. The first kappa shape index (κ1) is 16.4. The molecule has 2 aromatic carbocycles. The first-order valence-corrected chi connectivity index (χ1v) is 8.08. The molecule has 2 rings (SSSR count). The van der Waals surface area contributed by atoms with Crippen molar-refractivity contribution in [1.82, 2.24) is 0 Å². The van der Waals surface area contributed by atoms with Gasteiger partial charge in [0.05, 0.1) is 25.6 Å². The molecule has 0 spiro atoms. The summed E-state index contributed by atoms with van der Waals surface area (Å²) in [5.74, 6) is 3.58. The van der Waals surface area contributed by atoms with Crippen molar-refractivity contribution >= 4 is 32.6 Å². The lowest BCUT2D eigenvalue weighted by molar-refractivity contribution is -0.393. The van der Waals surface area contributed by atoms with Gasteiger partial charge >= 0.3 is 0 Å². The van der Waals surface area contributed by atoms with Crippen LogP contribution in [0.4, 0.5) is 17.1 Å². The third-order valence-electron chi connectivity index (χ3n) is 3.07. The molecule has 0 aliphatic rings. The Morgan fingerprint density at radius 3 is 2.17 bits per heavy atom. The minimum Gasteiger partial charge on any atom is -0.303 e. The van der Waals surface area contributed by atoms with E-state index in [9.17, 15) is 24.4 Å². The number of nitro benzene ring substituents is 2. The normalized spacial score (nSPS) is 13.1. The lowest BCUT2D eigenvalue weighted by Crippen LogP contribution is -2.14. The summed E-state index contributed by atoms with van der Waals surface area (Å²) in [6.45, 7) is 1.86. The molecule has 0 radical (unpaired) electrons. The maximum atomic E-state index is 12.7. The van der Waals surface area contributed by atoms with Crippen molar-refractivity contribution in [1.29, 1.82) is 0 Å². The van der Waals surface area contributed by atoms with Gasteiger partial charge in [-0.25, -0.2) is 4.21 Å². The van der Waals surface area contributed by atoms with E-state index in [4.69, 9.17) is 0 Å². The number of benzene rings is 2. The number of rotatable bonds is 5. The quantitative estimate of drug-likeness (QED) is 0.512. The molecule has 0 amide bonds. The fourth-order valence-corrected chi connectivity index (χ4v) is 3.09. The second-order valence-corrected chi connectivity index (χ2v) is 6.83. The van der Waals surface area contributed by atoms with Gasteiger partial charge in [0.2, 0.25) is 0 Å². The van der Waals surface area contributed by atoms with Gasteiger partial charge in [-0.3, -0.25) is 20.2 Å². The highest BCUT2D eigenvalue weighted by atomic mass is 32.2. The van der Waals surface area contributed by atoms with Crippen LogP contribution in [0.2, 0.25) is 0 Å². The van der Waals surface area contributed by atoms with Gasteiger partial charge in [0.1, 0.15) is 5.69 Å². The highest BCUT2D eigenvalue weighted by Crippen LogP contribution is 2.30. The second-order valence-electron chi connectivity index (χ2n) is 4.81. The molecular weight excluding hydrogens is 322 g/mol. The van der Waals surface area contributed by atoms with Crippen LogP contribution in [0.3, 0.4) is 0 Å². The monoisotopic (exact) mass is 335 g/mol. The van der Waals surface area contributed by atoms with E-state index in [1.54, 1.807) is 24.3 Å². The van der Waals surface area contributed by atoms with E-state index >= 15 is 0 Å². The number of aryl methyl sites for hydroxylation is 1. The summed E-state index contributed by atoms with van der Waals surface area (Å²) in [4.78, 5) is 20.7. The van der Waals surface area contributed by atoms with Crippen LogP contribution in [-0.4, -0.2) is 19.9 Å². The van der Waals surface area contributed by atoms with Crippen molar-refractivity contribution in [3.05, 3.63) is 68.3 Å². The summed E-state index contributed by atoms with van der Waals surface area (Å²) in [7, 11) is -3.04. The standard InChI is InChI=1S/C14H13N3O5S/c1-10-3-6-12(7-4-10)23(2,22)15-13-8-5-11(16(18)19)9-14(13)17(20)21/h3-9H,2H2,1H3,(H,15,22). The largest absolute Gasteiger partial charge is 0.303 e. The third kappa shape index (κ3) is 3.64. The Morgan fingerprint density at radius 2 is 1.65 bits per heavy atom. The number of hydrogen-bond donors (Lipinski definition) is 1. The van der Waals surface area contributed by atoms with E-state index < -0.39 is 30.9 Å². The highest BCUT2D eigenvalue weighted by Gasteiger charge is 2.21. The summed E-state index contributed by atoms with van der Waals surface area (Å²) < 4.78 is 15.2. The molecule has 8 nitrogen and oxygen atoms in total. The number of non-ortho nitro benzene ring substituents is 1. The average molecular weight is 335 g/mol. The molecule has 0 aliphatic heterocycles. The van der Waals surface area contributed by atoms with E-state index in [-0.39, 0.29) is 5.69 Å². The van der Waals surface area contributed by atoms with E-state index in [2.05, 4.69) is 10.6 Å². The zero-order valence-corrected chi connectivity index (χ0v) is 12.9. The molecule has 0 heterocycles. The molecule has 0 saturated heterocycles. The maximum absolute atomic E-state index is 12.7. The predicted molar refractivity (Wildman–Crippen MR) is 88.1 cm³/mol. The zero-order valence-electron chi connectivity index (χ0n) is 12.1. The number of nitro groups is 2. The van der Waals surface area contributed by atoms with E-state index in [1.165, 1.54) is 0 Å². The molecular formula is C14H13N3O5S. The maximum Gasteiger partial charge on any atom is 0.300 e. The predicted octanol–water partition coefficient (Wildman–Crippen LogP) is 2.91. The van der Waals surface area contributed by atoms with E-state index in [1.807, 2.05) is 6.92 Å². The Morgan fingerprint density at radius 1 is 1.04 bits per heavy atom. The van der Waals surface area contributed by atoms with Crippen LogP contribution in [0, 0.1) is 27.2 Å². The molecule has 0 aliphatic carbocycles. The molecule has 0 bridgehead atoms. The molecule has 1 N–H and O–H groups in total. The SMILES string of the molecule is C=S(=O)(Nc1ccc([N+](=O)[O-])cc1[N+](=O)[O-])c1ccc(C)cc1. The van der Waals surface area contributed by atoms with E-state index in [0.717, 1.165) is 23.8 Å². The summed E-state index contributed by atoms with van der Waals surface area (Å²) in [6.07, 6.45) is 0. The van der Waals surface area contributed by atoms with Crippen LogP contribution >= 0.6 is 0 Å². The number of nitrogens with zero attached hydrogens (tertiary/aromatic N) is 2. The molecule has 1 atom stereocenters. The smallest absolute Gasteiger partial charge is 0.300 e. The number of anilines is 1. The van der Waals surface area contributed by atoms with Gasteiger partial charge in [0, 0.05) is 11.0 Å². The van der Waals surface area contributed by atoms with E-state index in [0.29, 0.717) is 4.90 Å². The van der Waals surface area contributed by atoms with Gasteiger partial charge < -0.3 is 4.72 Å². The van der Waals surface area contributed by atoms with Crippen LogP contribution in [0.5, 0.6) is 0 Å². The first-order valence-electron chi connectivity index (χ1n) is 6.35. The topological polar surface area (TPSA) is 115 Å². The Kier molecular flexibility index (Phi) is 4.32. The molecule has 23 heavy (non-hydrogen) atoms. The van der Waals surface area contributed by atoms with Gasteiger partial charge in [-0.1, -0.05) is 17.7 Å². The molecule has 0 fully saturated rings. The van der Waals surface area contributed by atoms with Crippen LogP contribution in [0.1, 0.15) is 5.56 Å². The van der Waals surface area contributed by atoms with Gasteiger partial charge in [-0.05, 0) is 31.0 Å². The Balaban J connectivity index is 2.44. The van der Waals surface area contributed by atoms with Crippen molar-refractivity contribution in [2.24, 2.45) is 0 Å². The third-order valence-corrected chi connectivity index (χ3v) is 4.65. The fraction of sp³-hybridized carbons (Fsp3) is 0.0714. The Hall–Kier alpha value is -2.94. The molecule has 0 saturated carbocycles. The van der Waals surface area contributed by atoms with Crippen molar-refractivity contribution in [3.8, 4) is 0 Å².